The van der Waals surface area contributed by atoms with Gasteiger partial charge in [0.15, 0.2) is 0 Å². The van der Waals surface area contributed by atoms with Crippen LogP contribution in [-0.2, 0) is 11.3 Å². The fourth-order valence-corrected chi connectivity index (χ4v) is 4.70. The van der Waals surface area contributed by atoms with Crippen molar-refractivity contribution >= 4 is 0 Å². The Morgan fingerprint density at radius 1 is 1.17 bits per heavy atom. The van der Waals surface area contributed by atoms with Gasteiger partial charge in [-0.3, -0.25) is 14.8 Å². The number of piperidine rings is 1. The van der Waals surface area contributed by atoms with Gasteiger partial charge in [0.05, 0.1) is 6.61 Å². The Morgan fingerprint density at radius 2 is 1.96 bits per heavy atom. The third-order valence-electron chi connectivity index (χ3n) is 6.50. The first-order valence-electron chi connectivity index (χ1n) is 9.64. The van der Waals surface area contributed by atoms with Crippen LogP contribution in [0.3, 0.4) is 0 Å². The van der Waals surface area contributed by atoms with Crippen LogP contribution in [0.4, 0.5) is 0 Å². The minimum atomic E-state index is 0.437. The normalized spacial score (nSPS) is 27.8. The maximum Gasteiger partial charge on any atom is 0.0718 e. The fourth-order valence-electron chi connectivity index (χ4n) is 4.70. The van der Waals surface area contributed by atoms with Crippen molar-refractivity contribution in [2.75, 3.05) is 39.8 Å². The molecule has 0 radical (unpaired) electrons. The molecular weight excluding hydrogens is 298 g/mol. The second-order valence-electron chi connectivity index (χ2n) is 8.34. The summed E-state index contributed by atoms with van der Waals surface area (Å²) >= 11 is 0. The average molecular weight is 329 g/mol. The lowest BCUT2D eigenvalue weighted by Crippen LogP contribution is -2.72. The minimum absolute atomic E-state index is 0.437. The van der Waals surface area contributed by atoms with E-state index in [1.807, 2.05) is 24.5 Å². The Kier molecular flexibility index (Phi) is 4.88. The number of hydrogen-bond acceptors (Lipinski definition) is 4. The van der Waals surface area contributed by atoms with E-state index in [1.165, 1.54) is 63.8 Å². The van der Waals surface area contributed by atoms with Gasteiger partial charge in [0.25, 0.3) is 0 Å². The molecule has 132 valence electrons. The van der Waals surface area contributed by atoms with Crippen molar-refractivity contribution in [1.29, 1.82) is 0 Å². The van der Waals surface area contributed by atoms with E-state index in [-0.39, 0.29) is 0 Å². The first-order valence-corrected chi connectivity index (χ1v) is 9.64. The van der Waals surface area contributed by atoms with Crippen molar-refractivity contribution in [1.82, 2.24) is 14.8 Å². The quantitative estimate of drug-likeness (QED) is 0.802. The van der Waals surface area contributed by atoms with Gasteiger partial charge < -0.3 is 4.74 Å². The van der Waals surface area contributed by atoms with Gasteiger partial charge in [0.1, 0.15) is 0 Å². The van der Waals surface area contributed by atoms with Crippen LogP contribution >= 0.6 is 0 Å². The highest BCUT2D eigenvalue weighted by atomic mass is 16.5. The zero-order valence-electron chi connectivity index (χ0n) is 15.0. The molecule has 0 amide bonds. The predicted molar refractivity (Wildman–Crippen MR) is 95.8 cm³/mol. The molecule has 3 aliphatic rings. The van der Waals surface area contributed by atoms with Crippen molar-refractivity contribution in [3.8, 4) is 0 Å². The summed E-state index contributed by atoms with van der Waals surface area (Å²) in [5, 5.41) is 0. The summed E-state index contributed by atoms with van der Waals surface area (Å²) in [6, 6.07) is 4.08. The summed E-state index contributed by atoms with van der Waals surface area (Å²) in [4.78, 5) is 9.38. The van der Waals surface area contributed by atoms with Gasteiger partial charge in [-0.25, -0.2) is 0 Å². The maximum absolute atomic E-state index is 6.01. The second-order valence-corrected chi connectivity index (χ2v) is 8.34. The molecule has 4 nitrogen and oxygen atoms in total. The second kappa shape index (κ2) is 7.11. The summed E-state index contributed by atoms with van der Waals surface area (Å²) < 4.78 is 6.01. The SMILES string of the molecule is CN1CCC(COCc2ccncc2)CC12CN(CC1CCC1)C2. The molecule has 1 spiro atoms. The van der Waals surface area contributed by atoms with E-state index in [0.717, 1.165) is 19.1 Å². The Labute approximate surface area is 146 Å². The van der Waals surface area contributed by atoms with Gasteiger partial charge in [0, 0.05) is 44.2 Å². The minimum Gasteiger partial charge on any atom is -0.376 e. The summed E-state index contributed by atoms with van der Waals surface area (Å²) in [7, 11) is 2.33. The molecule has 1 saturated carbocycles. The standard InChI is InChI=1S/C20H31N3O/c1-22-10-7-19(14-24-13-18-5-8-21-9-6-18)11-20(22)15-23(16-20)12-17-3-2-4-17/h5-6,8-9,17,19H,2-4,7,10-16H2,1H3. The van der Waals surface area contributed by atoms with Crippen LogP contribution in [0.2, 0.25) is 0 Å². The number of ether oxygens (including phenoxy) is 1. The molecule has 1 atom stereocenters. The highest BCUT2D eigenvalue weighted by Crippen LogP contribution is 2.40. The van der Waals surface area contributed by atoms with Gasteiger partial charge in [0.2, 0.25) is 0 Å². The maximum atomic E-state index is 6.01. The molecule has 1 aromatic rings. The lowest BCUT2D eigenvalue weighted by Gasteiger charge is -2.59. The molecule has 2 saturated heterocycles. The van der Waals surface area contributed by atoms with Crippen molar-refractivity contribution < 1.29 is 4.74 Å². The predicted octanol–water partition coefficient (Wildman–Crippen LogP) is 2.79. The first-order chi connectivity index (χ1) is 11.7. The van der Waals surface area contributed by atoms with Crippen LogP contribution in [0.25, 0.3) is 0 Å². The Hall–Kier alpha value is -0.970. The van der Waals surface area contributed by atoms with Crippen LogP contribution in [0, 0.1) is 11.8 Å². The lowest BCUT2D eigenvalue weighted by atomic mass is 9.74. The fraction of sp³-hybridized carbons (Fsp3) is 0.750. The Balaban J connectivity index is 1.23. The number of nitrogens with zero attached hydrogens (tertiary/aromatic N) is 3. The molecule has 0 N–H and O–H groups in total. The topological polar surface area (TPSA) is 28.6 Å². The van der Waals surface area contributed by atoms with Crippen molar-refractivity contribution in [3.63, 3.8) is 0 Å². The molecule has 0 aromatic carbocycles. The summed E-state index contributed by atoms with van der Waals surface area (Å²) in [5.74, 6) is 1.71. The molecule has 0 bridgehead atoms. The molecule has 4 rings (SSSR count). The summed E-state index contributed by atoms with van der Waals surface area (Å²) in [5.41, 5.74) is 1.66. The van der Waals surface area contributed by atoms with Crippen molar-refractivity contribution in [2.24, 2.45) is 11.8 Å². The first kappa shape index (κ1) is 16.5. The number of likely N-dealkylation sites (N-methyl/N-ethyl adjacent to an activating group) is 1. The monoisotopic (exact) mass is 329 g/mol. The molecular formula is C20H31N3O. The van der Waals surface area contributed by atoms with E-state index in [1.54, 1.807) is 0 Å². The van der Waals surface area contributed by atoms with Crippen LogP contribution < -0.4 is 0 Å². The van der Waals surface area contributed by atoms with Crippen molar-refractivity contribution in [2.45, 2.75) is 44.2 Å². The average Bonchev–Trinajstić information content (AvgIpc) is 2.52. The zero-order chi connectivity index (χ0) is 16.4. The van der Waals surface area contributed by atoms with E-state index in [0.29, 0.717) is 11.5 Å². The summed E-state index contributed by atoms with van der Waals surface area (Å²) in [6.07, 6.45) is 10.6. The van der Waals surface area contributed by atoms with Crippen LogP contribution in [0.15, 0.2) is 24.5 Å². The molecule has 4 heteroatoms. The van der Waals surface area contributed by atoms with Crippen LogP contribution in [0.1, 0.15) is 37.7 Å². The summed E-state index contributed by atoms with van der Waals surface area (Å²) in [6.45, 7) is 6.75. The molecule has 3 heterocycles. The molecule has 1 unspecified atom stereocenters. The number of aromatic nitrogens is 1. The molecule has 3 fully saturated rings. The van der Waals surface area contributed by atoms with Crippen molar-refractivity contribution in [3.05, 3.63) is 30.1 Å². The van der Waals surface area contributed by atoms with Gasteiger partial charge in [-0.05, 0) is 68.8 Å². The molecule has 1 aromatic heterocycles. The number of likely N-dealkylation sites (tertiary alicyclic amines) is 2. The van der Waals surface area contributed by atoms with Crippen LogP contribution in [0.5, 0.6) is 0 Å². The molecule has 24 heavy (non-hydrogen) atoms. The van der Waals surface area contributed by atoms with E-state index >= 15 is 0 Å². The van der Waals surface area contributed by atoms with Gasteiger partial charge in [-0.15, -0.1) is 0 Å². The zero-order valence-corrected chi connectivity index (χ0v) is 15.0. The number of pyridine rings is 1. The lowest BCUT2D eigenvalue weighted by molar-refractivity contribution is -0.0972. The van der Waals surface area contributed by atoms with E-state index in [2.05, 4.69) is 21.8 Å². The van der Waals surface area contributed by atoms with Crippen LogP contribution in [-0.4, -0.2) is 60.2 Å². The third-order valence-corrected chi connectivity index (χ3v) is 6.50. The number of rotatable bonds is 6. The van der Waals surface area contributed by atoms with E-state index < -0.39 is 0 Å². The van der Waals surface area contributed by atoms with Gasteiger partial charge in [-0.1, -0.05) is 6.42 Å². The molecule has 1 aliphatic carbocycles. The smallest absolute Gasteiger partial charge is 0.0718 e. The Morgan fingerprint density at radius 3 is 2.67 bits per heavy atom. The molecule has 2 aliphatic heterocycles. The van der Waals surface area contributed by atoms with Gasteiger partial charge in [-0.2, -0.15) is 0 Å². The highest BCUT2D eigenvalue weighted by molar-refractivity contribution is 5.08. The number of hydrogen-bond donors (Lipinski definition) is 0. The largest absolute Gasteiger partial charge is 0.376 e. The Bertz CT molecular complexity index is 525. The van der Waals surface area contributed by atoms with E-state index in [9.17, 15) is 0 Å². The highest BCUT2D eigenvalue weighted by Gasteiger charge is 2.49. The van der Waals surface area contributed by atoms with E-state index in [4.69, 9.17) is 4.74 Å². The van der Waals surface area contributed by atoms with Gasteiger partial charge >= 0.3 is 0 Å². The third kappa shape index (κ3) is 3.51.